The highest BCUT2D eigenvalue weighted by atomic mass is 16.3. The van der Waals surface area contributed by atoms with Gasteiger partial charge >= 0.3 is 0 Å². The van der Waals surface area contributed by atoms with Crippen molar-refractivity contribution in [1.29, 1.82) is 0 Å². The topological polar surface area (TPSA) is 26.3 Å². The summed E-state index contributed by atoms with van der Waals surface area (Å²) in [6, 6.07) is 56.0. The third-order valence-electron chi connectivity index (χ3n) is 9.45. The molecule has 2 heteroatoms. The van der Waals surface area contributed by atoms with Gasteiger partial charge in [-0.3, -0.25) is 0 Å². The number of para-hydroxylation sites is 1. The molecule has 0 atom stereocenters. The maximum atomic E-state index is 6.89. The first-order valence-electron chi connectivity index (χ1n) is 15.7. The molecule has 2 nitrogen and oxygen atoms in total. The lowest BCUT2D eigenvalue weighted by atomic mass is 9.84. The molecule has 10 rings (SSSR count). The van der Waals surface area contributed by atoms with Gasteiger partial charge in [-0.2, -0.15) is 0 Å². The minimum absolute atomic E-state index is 0.847. The smallest absolute Gasteiger partial charge is 0.143 e. The van der Waals surface area contributed by atoms with Crippen molar-refractivity contribution in [2.45, 2.75) is 0 Å². The molecule has 10 aromatic rings. The molecule has 0 aliphatic carbocycles. The van der Waals surface area contributed by atoms with Gasteiger partial charge in [-0.15, -0.1) is 0 Å². The monoisotopic (exact) mass is 586 g/mol. The van der Waals surface area contributed by atoms with Crippen molar-refractivity contribution in [1.82, 2.24) is 0 Å². The van der Waals surface area contributed by atoms with Crippen molar-refractivity contribution in [3.8, 4) is 33.6 Å². The Morgan fingerprint density at radius 1 is 0.304 bits per heavy atom. The highest BCUT2D eigenvalue weighted by Crippen LogP contribution is 2.52. The van der Waals surface area contributed by atoms with Crippen LogP contribution in [0.15, 0.2) is 167 Å². The second-order valence-corrected chi connectivity index (χ2v) is 12.0. The van der Waals surface area contributed by atoms with Gasteiger partial charge in [-0.05, 0) is 67.7 Å². The Hall–Kier alpha value is -6.12. The van der Waals surface area contributed by atoms with Gasteiger partial charge in [0, 0.05) is 32.8 Å². The van der Waals surface area contributed by atoms with Gasteiger partial charge in [-0.1, -0.05) is 133 Å². The van der Waals surface area contributed by atoms with Gasteiger partial charge in [0.15, 0.2) is 0 Å². The Bertz CT molecular complexity index is 2740. The minimum atomic E-state index is 0.847. The number of hydrogen-bond acceptors (Lipinski definition) is 2. The van der Waals surface area contributed by atoms with Crippen LogP contribution >= 0.6 is 0 Å². The van der Waals surface area contributed by atoms with E-state index in [2.05, 4.69) is 140 Å². The van der Waals surface area contributed by atoms with Gasteiger partial charge in [0.25, 0.3) is 0 Å². The molecule has 2 heterocycles. The van der Waals surface area contributed by atoms with Crippen molar-refractivity contribution < 1.29 is 8.83 Å². The second-order valence-electron chi connectivity index (χ2n) is 12.0. The Labute approximate surface area is 264 Å². The highest BCUT2D eigenvalue weighted by Gasteiger charge is 2.26. The second kappa shape index (κ2) is 9.69. The van der Waals surface area contributed by atoms with E-state index in [9.17, 15) is 0 Å². The van der Waals surface area contributed by atoms with Crippen LogP contribution in [-0.4, -0.2) is 0 Å². The Morgan fingerprint density at radius 2 is 0.870 bits per heavy atom. The number of benzene rings is 8. The summed E-state index contributed by atoms with van der Waals surface area (Å²) in [5.74, 6) is 0.863. The average molecular weight is 587 g/mol. The lowest BCUT2D eigenvalue weighted by Crippen LogP contribution is -1.92. The van der Waals surface area contributed by atoms with Gasteiger partial charge in [0.05, 0.1) is 0 Å². The number of fused-ring (bicyclic) bond motifs is 8. The molecule has 214 valence electrons. The highest BCUT2D eigenvalue weighted by molar-refractivity contribution is 6.30. The standard InChI is InChI=1S/C44H26O2/c1-2-13-28(14-3-1)44-43(42-38(46-44)25-24-37-41(42)35-20-10-11-21-36(35)45-37)40-33-18-8-6-16-31(33)39(32-17-7-9-19-34(32)40)30-23-22-27-12-4-5-15-29(27)26-30/h1-26H. The Morgan fingerprint density at radius 3 is 1.59 bits per heavy atom. The fourth-order valence-electron chi connectivity index (χ4n) is 7.49. The third-order valence-corrected chi connectivity index (χ3v) is 9.45. The summed E-state index contributed by atoms with van der Waals surface area (Å²) >= 11 is 0. The van der Waals surface area contributed by atoms with Crippen LogP contribution in [0.5, 0.6) is 0 Å². The summed E-state index contributed by atoms with van der Waals surface area (Å²) in [6.07, 6.45) is 0. The van der Waals surface area contributed by atoms with Crippen LogP contribution in [0.4, 0.5) is 0 Å². The lowest BCUT2D eigenvalue weighted by molar-refractivity contribution is 0.632. The number of rotatable bonds is 3. The first kappa shape index (κ1) is 25.2. The summed E-state index contributed by atoms with van der Waals surface area (Å²) in [5.41, 5.74) is 8.34. The van der Waals surface area contributed by atoms with E-state index < -0.39 is 0 Å². The normalized spacial score (nSPS) is 11.9. The fraction of sp³-hybridized carbons (Fsp3) is 0. The molecule has 0 aliphatic heterocycles. The van der Waals surface area contributed by atoms with Crippen LogP contribution in [-0.2, 0) is 0 Å². The van der Waals surface area contributed by atoms with E-state index in [0.29, 0.717) is 0 Å². The largest absolute Gasteiger partial charge is 0.456 e. The summed E-state index contributed by atoms with van der Waals surface area (Å²) in [4.78, 5) is 0. The minimum Gasteiger partial charge on any atom is -0.456 e. The van der Waals surface area contributed by atoms with Gasteiger partial charge in [0.1, 0.15) is 22.5 Å². The lowest BCUT2D eigenvalue weighted by Gasteiger charge is -2.18. The molecule has 0 fully saturated rings. The van der Waals surface area contributed by atoms with E-state index in [1.165, 1.54) is 49.0 Å². The quantitative estimate of drug-likeness (QED) is 0.193. The molecule has 0 unspecified atom stereocenters. The van der Waals surface area contributed by atoms with E-state index in [4.69, 9.17) is 8.83 Å². The first-order valence-corrected chi connectivity index (χ1v) is 15.7. The molecule has 0 amide bonds. The zero-order chi connectivity index (χ0) is 30.2. The molecule has 8 aromatic carbocycles. The van der Waals surface area contributed by atoms with Crippen LogP contribution in [0.1, 0.15) is 0 Å². The van der Waals surface area contributed by atoms with Crippen molar-refractivity contribution in [3.63, 3.8) is 0 Å². The molecule has 0 N–H and O–H groups in total. The zero-order valence-corrected chi connectivity index (χ0v) is 24.8. The van der Waals surface area contributed by atoms with E-state index in [0.717, 1.165) is 49.8 Å². The summed E-state index contributed by atoms with van der Waals surface area (Å²) in [6.45, 7) is 0. The van der Waals surface area contributed by atoms with Gasteiger partial charge < -0.3 is 8.83 Å². The molecule has 0 saturated carbocycles. The molecule has 0 aliphatic rings. The first-order chi connectivity index (χ1) is 22.8. The van der Waals surface area contributed by atoms with Crippen molar-refractivity contribution >= 4 is 65.2 Å². The average Bonchev–Trinajstić information content (AvgIpc) is 3.69. The molecule has 0 bridgehead atoms. The van der Waals surface area contributed by atoms with Crippen LogP contribution < -0.4 is 0 Å². The van der Waals surface area contributed by atoms with Crippen LogP contribution in [0.25, 0.3) is 98.8 Å². The summed E-state index contributed by atoms with van der Waals surface area (Å²) in [7, 11) is 0. The zero-order valence-electron chi connectivity index (χ0n) is 24.8. The predicted molar refractivity (Wildman–Crippen MR) is 192 cm³/mol. The Balaban J connectivity index is 1.42. The number of furan rings is 2. The van der Waals surface area contributed by atoms with E-state index in [1.54, 1.807) is 0 Å². The molecular formula is C44H26O2. The van der Waals surface area contributed by atoms with E-state index >= 15 is 0 Å². The SMILES string of the molecule is c1ccc(-c2oc3ccc4oc5ccccc5c4c3c2-c2c3ccccc3c(-c3ccc4ccccc4c3)c3ccccc23)cc1. The maximum Gasteiger partial charge on any atom is 0.143 e. The molecule has 0 spiro atoms. The van der Waals surface area contributed by atoms with Gasteiger partial charge in [-0.25, -0.2) is 0 Å². The van der Waals surface area contributed by atoms with Gasteiger partial charge in [0.2, 0.25) is 0 Å². The summed E-state index contributed by atoms with van der Waals surface area (Å²) in [5, 5.41) is 10.5. The predicted octanol–water partition coefficient (Wildman–Crippen LogP) is 12.8. The molecule has 2 aromatic heterocycles. The molecule has 0 radical (unpaired) electrons. The van der Waals surface area contributed by atoms with E-state index in [-0.39, 0.29) is 0 Å². The van der Waals surface area contributed by atoms with Crippen molar-refractivity contribution in [3.05, 3.63) is 158 Å². The van der Waals surface area contributed by atoms with Crippen LogP contribution in [0, 0.1) is 0 Å². The Kier molecular flexibility index (Phi) is 5.31. The maximum absolute atomic E-state index is 6.89. The van der Waals surface area contributed by atoms with Crippen LogP contribution in [0.3, 0.4) is 0 Å². The molecular weight excluding hydrogens is 560 g/mol. The summed E-state index contributed by atoms with van der Waals surface area (Å²) < 4.78 is 13.3. The van der Waals surface area contributed by atoms with Crippen molar-refractivity contribution in [2.24, 2.45) is 0 Å². The molecule has 46 heavy (non-hydrogen) atoms. The van der Waals surface area contributed by atoms with E-state index in [1.807, 2.05) is 18.2 Å². The fourth-order valence-corrected chi connectivity index (χ4v) is 7.49. The van der Waals surface area contributed by atoms with Crippen LogP contribution in [0.2, 0.25) is 0 Å². The van der Waals surface area contributed by atoms with Crippen molar-refractivity contribution in [2.75, 3.05) is 0 Å². The molecule has 0 saturated heterocycles. The third kappa shape index (κ3) is 3.59. The number of hydrogen-bond donors (Lipinski definition) is 0.